The summed E-state index contributed by atoms with van der Waals surface area (Å²) in [4.78, 5) is 29.1. The summed E-state index contributed by atoms with van der Waals surface area (Å²) in [5.41, 5.74) is 4.90. The Morgan fingerprint density at radius 2 is 1.00 bits per heavy atom. The summed E-state index contributed by atoms with van der Waals surface area (Å²) in [6.07, 6.45) is 18.4. The third-order valence-electron chi connectivity index (χ3n) is 7.80. The van der Waals surface area contributed by atoms with Crippen LogP contribution in [0.25, 0.3) is 0 Å². The Bertz CT molecular complexity index is 946. The second-order valence-electron chi connectivity index (χ2n) is 10.5. The first kappa shape index (κ1) is 25.9. The van der Waals surface area contributed by atoms with E-state index >= 15 is 0 Å². The van der Waals surface area contributed by atoms with Gasteiger partial charge in [0.2, 0.25) is 11.1 Å². The van der Waals surface area contributed by atoms with Gasteiger partial charge >= 0.3 is 0 Å². The highest BCUT2D eigenvalue weighted by Crippen LogP contribution is 2.28. The zero-order chi connectivity index (χ0) is 24.3. The van der Waals surface area contributed by atoms with E-state index in [0.29, 0.717) is 12.1 Å². The van der Waals surface area contributed by atoms with E-state index < -0.39 is 0 Å². The minimum atomic E-state index is 0.0197. The summed E-state index contributed by atoms with van der Waals surface area (Å²) < 4.78 is 0. The number of nitrogens with one attached hydrogen (secondary N) is 4. The van der Waals surface area contributed by atoms with Crippen LogP contribution >= 0.6 is 0 Å². The second kappa shape index (κ2) is 13.8. The second-order valence-corrected chi connectivity index (χ2v) is 10.5. The molecule has 2 aliphatic carbocycles. The first-order valence-electron chi connectivity index (χ1n) is 14.1. The summed E-state index contributed by atoms with van der Waals surface area (Å²) in [6, 6.07) is 8.16. The van der Waals surface area contributed by atoms with Crippen molar-refractivity contribution in [3.8, 4) is 0 Å². The molecular weight excluding hydrogens is 436 g/mol. The van der Waals surface area contributed by atoms with Gasteiger partial charge in [-0.2, -0.15) is 0 Å². The number of fused-ring (bicyclic) bond motifs is 2. The molecule has 2 aromatic heterocycles. The van der Waals surface area contributed by atoms with Gasteiger partial charge in [-0.1, -0.05) is 57.1 Å². The lowest BCUT2D eigenvalue weighted by atomic mass is 9.91. The molecule has 0 unspecified atom stereocenters. The minimum Gasteiger partial charge on any atom is -0.326 e. The van der Waals surface area contributed by atoms with E-state index in [1.807, 2.05) is 12.1 Å². The molecule has 6 nitrogen and oxygen atoms in total. The fourth-order valence-corrected chi connectivity index (χ4v) is 5.86. The van der Waals surface area contributed by atoms with E-state index in [4.69, 9.17) is 0 Å². The number of unbranched alkanes of at least 4 members (excludes halogenated alkanes) is 8. The number of pyridine rings is 2. The Hall–Kier alpha value is -2.18. The smallest absolute Gasteiger partial charge is 0.248 e. The molecule has 4 rings (SSSR count). The number of aromatic nitrogens is 2. The first-order chi connectivity index (χ1) is 17.2. The summed E-state index contributed by atoms with van der Waals surface area (Å²) in [7, 11) is 0. The van der Waals surface area contributed by atoms with Gasteiger partial charge < -0.3 is 20.6 Å². The number of aromatic amines is 2. The van der Waals surface area contributed by atoms with Crippen LogP contribution in [0.4, 0.5) is 0 Å². The van der Waals surface area contributed by atoms with Crippen molar-refractivity contribution in [2.75, 3.05) is 13.1 Å². The molecule has 6 heteroatoms. The van der Waals surface area contributed by atoms with Crippen molar-refractivity contribution < 1.29 is 0 Å². The Morgan fingerprint density at radius 1 is 0.600 bits per heavy atom. The summed E-state index contributed by atoms with van der Waals surface area (Å²) in [5, 5.41) is 7.43. The lowest BCUT2D eigenvalue weighted by Crippen LogP contribution is -2.28. The van der Waals surface area contributed by atoms with E-state index in [1.54, 1.807) is 12.1 Å². The van der Waals surface area contributed by atoms with Crippen LogP contribution in [0.1, 0.15) is 118 Å². The zero-order valence-electron chi connectivity index (χ0n) is 21.3. The highest BCUT2D eigenvalue weighted by atomic mass is 16.1. The van der Waals surface area contributed by atoms with Crippen LogP contribution in [0, 0.1) is 0 Å². The molecule has 4 N–H and O–H groups in total. The van der Waals surface area contributed by atoms with Gasteiger partial charge in [-0.15, -0.1) is 0 Å². The maximum Gasteiger partial charge on any atom is 0.248 e. The Morgan fingerprint density at radius 3 is 1.43 bits per heavy atom. The Labute approximate surface area is 209 Å². The van der Waals surface area contributed by atoms with Crippen molar-refractivity contribution in [2.45, 2.75) is 108 Å². The van der Waals surface area contributed by atoms with Crippen LogP contribution in [0.15, 0.2) is 33.9 Å². The third-order valence-corrected chi connectivity index (χ3v) is 7.80. The van der Waals surface area contributed by atoms with Crippen molar-refractivity contribution in [1.82, 2.24) is 20.6 Å². The van der Waals surface area contributed by atoms with E-state index in [-0.39, 0.29) is 11.1 Å². The van der Waals surface area contributed by atoms with Gasteiger partial charge in [0, 0.05) is 35.6 Å². The molecule has 192 valence electrons. The van der Waals surface area contributed by atoms with Gasteiger partial charge in [-0.3, -0.25) is 9.59 Å². The number of H-pyrrole nitrogens is 2. The first-order valence-corrected chi connectivity index (χ1v) is 14.1. The number of rotatable bonds is 14. The average Bonchev–Trinajstić information content (AvgIpc) is 2.86. The van der Waals surface area contributed by atoms with E-state index in [1.165, 1.54) is 81.8 Å². The van der Waals surface area contributed by atoms with Gasteiger partial charge in [-0.05, 0) is 75.6 Å². The summed E-state index contributed by atoms with van der Waals surface area (Å²) in [5.74, 6) is 0. The van der Waals surface area contributed by atoms with Crippen molar-refractivity contribution in [2.24, 2.45) is 0 Å². The molecule has 0 bridgehead atoms. The van der Waals surface area contributed by atoms with Gasteiger partial charge in [0.1, 0.15) is 0 Å². The number of hydrogen-bond donors (Lipinski definition) is 4. The lowest BCUT2D eigenvalue weighted by molar-refractivity contribution is 0.439. The van der Waals surface area contributed by atoms with Crippen molar-refractivity contribution in [3.05, 3.63) is 67.5 Å². The van der Waals surface area contributed by atoms with Gasteiger partial charge in [0.15, 0.2) is 0 Å². The minimum absolute atomic E-state index is 0.0197. The molecule has 35 heavy (non-hydrogen) atoms. The quantitative estimate of drug-likeness (QED) is 0.280. The van der Waals surface area contributed by atoms with E-state index in [9.17, 15) is 9.59 Å². The SMILES string of the molecule is O=c1ccc2c([nH]1)CCC[C@@H]2NCCCCCCCCCCCN[C@H]1CCCc2[nH]c(=O)ccc21. The van der Waals surface area contributed by atoms with Gasteiger partial charge in [0.25, 0.3) is 0 Å². The maximum absolute atomic E-state index is 11.5. The monoisotopic (exact) mass is 480 g/mol. The molecule has 0 amide bonds. The molecule has 2 heterocycles. The molecule has 0 saturated carbocycles. The van der Waals surface area contributed by atoms with Crippen molar-refractivity contribution in [3.63, 3.8) is 0 Å². The highest BCUT2D eigenvalue weighted by Gasteiger charge is 2.21. The zero-order valence-corrected chi connectivity index (χ0v) is 21.3. The molecule has 0 spiro atoms. The van der Waals surface area contributed by atoms with E-state index in [2.05, 4.69) is 20.6 Å². The normalized spacial score (nSPS) is 19.3. The molecule has 0 saturated heterocycles. The standard InChI is InChI=1S/C29H44N4O2/c34-28-18-16-22-24(12-10-14-26(22)32-28)30-20-8-6-4-2-1-3-5-7-9-21-31-25-13-11-15-27-23(25)17-19-29(35)33-27/h16-19,24-25,30-31H,1-15,20-21H2,(H,32,34)(H,33,35)/t24-,25-/m0/s1. The van der Waals surface area contributed by atoms with Gasteiger partial charge in [-0.25, -0.2) is 0 Å². The van der Waals surface area contributed by atoms with Crippen molar-refractivity contribution >= 4 is 0 Å². The lowest BCUT2D eigenvalue weighted by Gasteiger charge is -2.26. The van der Waals surface area contributed by atoms with Crippen LogP contribution in [-0.2, 0) is 12.8 Å². The molecule has 2 aromatic rings. The average molecular weight is 481 g/mol. The molecular formula is C29H44N4O2. The predicted molar refractivity (Wildman–Crippen MR) is 143 cm³/mol. The van der Waals surface area contributed by atoms with Crippen LogP contribution in [0.5, 0.6) is 0 Å². The van der Waals surface area contributed by atoms with Crippen LogP contribution in [-0.4, -0.2) is 23.1 Å². The summed E-state index contributed by atoms with van der Waals surface area (Å²) in [6.45, 7) is 2.13. The molecule has 0 aromatic carbocycles. The fourth-order valence-electron chi connectivity index (χ4n) is 5.86. The summed E-state index contributed by atoms with van der Waals surface area (Å²) >= 11 is 0. The van der Waals surface area contributed by atoms with Crippen LogP contribution < -0.4 is 21.8 Å². The Kier molecular flexibility index (Phi) is 10.2. The van der Waals surface area contributed by atoms with Crippen molar-refractivity contribution in [1.29, 1.82) is 0 Å². The largest absolute Gasteiger partial charge is 0.326 e. The molecule has 0 fully saturated rings. The molecule has 2 aliphatic rings. The molecule has 0 radical (unpaired) electrons. The third kappa shape index (κ3) is 7.91. The number of aryl methyl sites for hydroxylation is 2. The fraction of sp³-hybridized carbons (Fsp3) is 0.655. The number of hydrogen-bond acceptors (Lipinski definition) is 4. The topological polar surface area (TPSA) is 89.8 Å². The highest BCUT2D eigenvalue weighted by molar-refractivity contribution is 5.27. The van der Waals surface area contributed by atoms with Gasteiger partial charge in [0.05, 0.1) is 0 Å². The molecule has 2 atom stereocenters. The van der Waals surface area contributed by atoms with E-state index in [0.717, 1.165) is 50.2 Å². The molecule has 0 aliphatic heterocycles. The van der Waals surface area contributed by atoms with Crippen LogP contribution in [0.2, 0.25) is 0 Å². The van der Waals surface area contributed by atoms with Crippen LogP contribution in [0.3, 0.4) is 0 Å². The Balaban J connectivity index is 0.973. The predicted octanol–water partition coefficient (Wildman–Crippen LogP) is 5.21. The maximum atomic E-state index is 11.5.